The Labute approximate surface area is 822 Å². The number of hydrogen-bond acceptors (Lipinski definition) is 20. The van der Waals surface area contributed by atoms with Crippen molar-refractivity contribution in [3.05, 3.63) is 208 Å². The molecule has 4 atom stereocenters. The first-order valence-electron chi connectivity index (χ1n) is 49.5. The van der Waals surface area contributed by atoms with Crippen molar-refractivity contribution in [2.24, 2.45) is 57.9 Å². The highest BCUT2D eigenvalue weighted by Crippen LogP contribution is 2.36. The molecule has 131 heavy (non-hydrogen) atoms. The zero-order chi connectivity index (χ0) is 95.8. The fourth-order valence-corrected chi connectivity index (χ4v) is 16.0. The lowest BCUT2D eigenvalue weighted by molar-refractivity contribution is 0.185. The quantitative estimate of drug-likeness (QED) is 0.0125. The number of unbranched alkanes of at least 4 members (excludes halogenated alkanes) is 11. The van der Waals surface area contributed by atoms with E-state index in [1.54, 1.807) is 0 Å². The van der Waals surface area contributed by atoms with E-state index in [1.165, 1.54) is 189 Å². The van der Waals surface area contributed by atoms with E-state index in [0.29, 0.717) is 43.2 Å². The molecule has 0 aromatic heterocycles. The SMILES string of the molecule is CC(C)(N)CN.CC(C)NCCCNC(C)C.CC1(N)CCC(C(C)(C)N)CC1.CCNCCCCCCNCC.CN[C@@H](c1ccccc1)[C@@H](NC)c1ccccc1.CN[C@H]1CCCC[C@@H]1NC.Cl.Cl.Clc1ccccc1CNCC1CCC(CNCc2ccccc2Cl)CC1.NCCCCCCCCCCCN.NCc1ccc(N)cc1.Nc1cccc2c(N)cccc12. The smallest absolute Gasteiger partial charge is 0.0515 e. The maximum Gasteiger partial charge on any atom is 0.0515 e. The van der Waals surface area contributed by atoms with Crippen LogP contribution in [0.2, 0.25) is 10.0 Å². The molecule has 3 aliphatic rings. The highest BCUT2D eigenvalue weighted by Gasteiger charge is 2.34. The van der Waals surface area contributed by atoms with Crippen LogP contribution in [0.25, 0.3) is 10.8 Å². The lowest BCUT2D eigenvalue weighted by Gasteiger charge is -2.40. The van der Waals surface area contributed by atoms with E-state index in [9.17, 15) is 0 Å². The molecule has 3 fully saturated rings. The summed E-state index contributed by atoms with van der Waals surface area (Å²) in [5.74, 6) is 2.24. The molecule has 0 spiro atoms. The average Bonchev–Trinajstić information content (AvgIpc) is 1.08. The Morgan fingerprint density at radius 3 is 1.08 bits per heavy atom. The predicted octanol–water partition coefficient (Wildman–Crippen LogP) is 19.8. The summed E-state index contributed by atoms with van der Waals surface area (Å²) in [6.07, 6.45) is 33.9. The first-order chi connectivity index (χ1) is 61.9. The van der Waals surface area contributed by atoms with Crippen molar-refractivity contribution in [1.29, 1.82) is 0 Å². The van der Waals surface area contributed by atoms with Crippen LogP contribution in [-0.2, 0) is 19.6 Å². The van der Waals surface area contributed by atoms with Gasteiger partial charge in [-0.1, -0.05) is 269 Å². The van der Waals surface area contributed by atoms with Gasteiger partial charge in [0, 0.05) is 105 Å². The lowest BCUT2D eigenvalue weighted by Crippen LogP contribution is -2.48. The van der Waals surface area contributed by atoms with Crippen LogP contribution in [0.5, 0.6) is 0 Å². The average molecular weight is 1900 g/mol. The largest absolute Gasteiger partial charge is 0.399 e. The van der Waals surface area contributed by atoms with Gasteiger partial charge in [-0.2, -0.15) is 0 Å². The van der Waals surface area contributed by atoms with E-state index < -0.39 is 0 Å². The van der Waals surface area contributed by atoms with Crippen LogP contribution in [0.15, 0.2) is 170 Å². The number of nitrogens with one attached hydrogen (secondary N) is 10. The number of anilines is 3. The van der Waals surface area contributed by atoms with Crippen molar-refractivity contribution in [1.82, 2.24) is 53.2 Å². The fraction of sp³-hybridized carbons (Fsp3) is 0.626. The molecule has 0 amide bonds. The van der Waals surface area contributed by atoms with Gasteiger partial charge in [-0.15, -0.1) is 24.8 Å². The van der Waals surface area contributed by atoms with E-state index >= 15 is 0 Å². The first-order valence-corrected chi connectivity index (χ1v) is 50.3. The molecule has 0 heterocycles. The topological polar surface area (TPSA) is 380 Å². The number of hydrogen-bond donors (Lipinski definition) is 20. The molecular formula is C107H194Cl4N20. The Morgan fingerprint density at radius 1 is 0.420 bits per heavy atom. The van der Waals surface area contributed by atoms with Crippen LogP contribution in [0.3, 0.4) is 0 Å². The maximum atomic E-state index is 6.21. The van der Waals surface area contributed by atoms with Gasteiger partial charge in [0.25, 0.3) is 0 Å². The van der Waals surface area contributed by atoms with Crippen molar-refractivity contribution in [2.75, 3.05) is 117 Å². The molecule has 20 nitrogen and oxygen atoms in total. The van der Waals surface area contributed by atoms with Crippen molar-refractivity contribution in [3.8, 4) is 0 Å². The standard InChI is InChI=1S/C22H28Cl2N2.C16H20N2.C11H26N2.C10H10N2.C10H22N2.C10H24N2.C9H22N2.C8H18N2.C7H10N2.C4H12N2.2ClH/c23-21-7-3-1-5-19(21)15-25-13-17-9-11-18(12-10-17)14-26-16-20-6-2-4-8-22(20)24;1-17-15(13-9-5-3-6-10-13)16(18-2)14-11-7-4-8-12-14;12-10-8-6-4-2-1-3-5-7-9-11-13;11-9-5-1-3-7-8(9)4-2-6-10(7)12;1-9(2,11)8-4-6-10(3,12)7-5-8;1-3-11-9-7-5-6-8-10-12-4-2;1-8(2)10-6-5-7-11-9(3)4;1-9-7-5-3-4-6-8(7)10-2;8-5-6-1-3-7(9)4-2-6;1-4(2,6)3-5;;/h1-8,17-18,25-26H,9-16H2;3-12,15-18H,1-2H3;1-13H2;1-6H,11-12H2;8H,4-7,11-12H2,1-3H3;11-12H,3-10H2,1-2H3;8-11H,5-7H2,1-4H3;7-10H,3-6H2,1-2H3;1-4H,5,8-9H2;3,5-6H2,1-2H3;2*1H/t;15-,16-;;;;;;7-,8-;;;;/m.0.....0..../s1. The summed E-state index contributed by atoms with van der Waals surface area (Å²) in [5, 5.41) is 37.9. The number of fused-ring (bicyclic) bond motifs is 1. The summed E-state index contributed by atoms with van der Waals surface area (Å²) in [4.78, 5) is 0. The van der Waals surface area contributed by atoms with E-state index in [2.05, 4.69) is 190 Å². The van der Waals surface area contributed by atoms with Crippen LogP contribution in [0.4, 0.5) is 17.1 Å². The molecular weight excluding hydrogens is 1710 g/mol. The third-order valence-corrected chi connectivity index (χ3v) is 24.6. The second-order valence-electron chi connectivity index (χ2n) is 37.4. The van der Waals surface area contributed by atoms with Gasteiger partial charge in [-0.05, 0) is 307 Å². The normalized spacial score (nSPS) is 17.2. The Hall–Kier alpha value is -5.32. The zero-order valence-electron chi connectivity index (χ0n) is 84.5. The number of rotatable bonds is 43. The van der Waals surface area contributed by atoms with E-state index in [4.69, 9.17) is 80.5 Å². The molecule has 0 unspecified atom stereocenters. The summed E-state index contributed by atoms with van der Waals surface area (Å²) in [7, 11) is 8.12. The number of benzene rings is 7. The molecule has 10 rings (SSSR count). The summed E-state index contributed by atoms with van der Waals surface area (Å²) in [5.41, 5.74) is 64.1. The molecule has 3 saturated carbocycles. The van der Waals surface area contributed by atoms with Crippen LogP contribution in [0, 0.1) is 17.8 Å². The molecule has 750 valence electrons. The van der Waals surface area contributed by atoms with Crippen molar-refractivity contribution >= 4 is 75.9 Å². The molecule has 0 radical (unpaired) electrons. The zero-order valence-corrected chi connectivity index (χ0v) is 87.6. The molecule has 0 aliphatic heterocycles. The molecule has 7 aromatic carbocycles. The van der Waals surface area contributed by atoms with Gasteiger partial charge in [-0.25, -0.2) is 0 Å². The van der Waals surface area contributed by atoms with Gasteiger partial charge < -0.3 is 111 Å². The highest BCUT2D eigenvalue weighted by molar-refractivity contribution is 6.31. The van der Waals surface area contributed by atoms with E-state index in [0.717, 1.165) is 134 Å². The van der Waals surface area contributed by atoms with Crippen LogP contribution in [-0.4, -0.2) is 141 Å². The molecule has 7 aromatic rings. The van der Waals surface area contributed by atoms with Crippen LogP contribution >= 0.6 is 48.0 Å². The van der Waals surface area contributed by atoms with E-state index in [-0.39, 0.29) is 53.5 Å². The predicted molar refractivity (Wildman–Crippen MR) is 585 cm³/mol. The lowest BCUT2D eigenvalue weighted by atomic mass is 9.71. The summed E-state index contributed by atoms with van der Waals surface area (Å²) >= 11 is 12.4. The summed E-state index contributed by atoms with van der Waals surface area (Å²) < 4.78 is 0. The molecule has 0 bridgehead atoms. The number of nitrogen functional groups attached to an aromatic ring is 3. The summed E-state index contributed by atoms with van der Waals surface area (Å²) in [6.45, 7) is 36.8. The minimum Gasteiger partial charge on any atom is -0.399 e. The minimum absolute atomic E-state index is 0. The monoisotopic (exact) mass is 1900 g/mol. The first kappa shape index (κ1) is 128. The molecule has 30 N–H and O–H groups in total. The number of halogens is 4. The highest BCUT2D eigenvalue weighted by atomic mass is 35.5. The van der Waals surface area contributed by atoms with Gasteiger partial charge in [0.2, 0.25) is 0 Å². The number of nitrogens with two attached hydrogens (primary N) is 10. The Morgan fingerprint density at radius 2 is 0.771 bits per heavy atom. The third-order valence-electron chi connectivity index (χ3n) is 23.9. The second-order valence-corrected chi connectivity index (χ2v) is 38.2. The molecule has 3 aliphatic carbocycles. The van der Waals surface area contributed by atoms with Gasteiger partial charge >= 0.3 is 0 Å². The van der Waals surface area contributed by atoms with Gasteiger partial charge in [0.05, 0.1) is 12.1 Å². The second kappa shape index (κ2) is 80.8. The summed E-state index contributed by atoms with van der Waals surface area (Å²) in [6, 6.07) is 59.5. The van der Waals surface area contributed by atoms with Crippen LogP contribution < -0.4 is 111 Å². The fourth-order valence-electron chi connectivity index (χ4n) is 15.6. The Balaban J connectivity index is 0. The van der Waals surface area contributed by atoms with Crippen molar-refractivity contribution < 1.29 is 0 Å². The Kier molecular flexibility index (Phi) is 78.7. The Bertz CT molecular complexity index is 3500. The van der Waals surface area contributed by atoms with Gasteiger partial charge in [0.15, 0.2) is 0 Å². The van der Waals surface area contributed by atoms with Crippen molar-refractivity contribution in [3.63, 3.8) is 0 Å². The van der Waals surface area contributed by atoms with E-state index in [1.807, 2.05) is 137 Å². The van der Waals surface area contributed by atoms with Gasteiger partial charge in [-0.3, -0.25) is 0 Å². The van der Waals surface area contributed by atoms with Crippen molar-refractivity contribution in [2.45, 2.75) is 316 Å². The van der Waals surface area contributed by atoms with Gasteiger partial charge in [0.1, 0.15) is 0 Å². The third kappa shape index (κ3) is 65.2. The molecule has 0 saturated heterocycles. The van der Waals surface area contributed by atoms with Crippen LogP contribution in [0.1, 0.15) is 283 Å². The number of likely N-dealkylation sites (N-methyl/N-ethyl adjacent to an activating group) is 4. The minimum atomic E-state index is -0.181. The maximum absolute atomic E-state index is 6.21. The molecule has 24 heteroatoms.